The summed E-state index contributed by atoms with van der Waals surface area (Å²) < 4.78 is 0. The minimum Gasteiger partial charge on any atom is -0.326 e. The second-order valence-electron chi connectivity index (χ2n) is 6.57. The maximum Gasteiger partial charge on any atom is 0.237 e. The third kappa shape index (κ3) is 2.19. The zero-order valence-electron chi connectivity index (χ0n) is 13.6. The van der Waals surface area contributed by atoms with Gasteiger partial charge in [0.1, 0.15) is 5.82 Å². The van der Waals surface area contributed by atoms with Gasteiger partial charge in [-0.1, -0.05) is 19.1 Å². The lowest BCUT2D eigenvalue weighted by Crippen LogP contribution is -2.35. The van der Waals surface area contributed by atoms with E-state index in [0.717, 1.165) is 28.8 Å². The maximum absolute atomic E-state index is 12.7. The molecule has 4 rings (SSSR count). The smallest absolute Gasteiger partial charge is 0.237 e. The SMILES string of the molecule is CCCC(=O)Nc1ccc2c(c1)CC1(C2)C(=O)Nc2ncccc21. The Morgan fingerprint density at radius 2 is 2.12 bits per heavy atom. The fourth-order valence-electron chi connectivity index (χ4n) is 3.80. The molecule has 0 saturated heterocycles. The molecule has 1 aliphatic heterocycles. The van der Waals surface area contributed by atoms with Crippen LogP contribution in [0.5, 0.6) is 0 Å². The number of fused-ring (bicyclic) bond motifs is 3. The van der Waals surface area contributed by atoms with Crippen LogP contribution in [0.3, 0.4) is 0 Å². The summed E-state index contributed by atoms with van der Waals surface area (Å²) in [5.41, 5.74) is 3.50. The molecule has 24 heavy (non-hydrogen) atoms. The van der Waals surface area contributed by atoms with Crippen molar-refractivity contribution >= 4 is 23.3 Å². The summed E-state index contributed by atoms with van der Waals surface area (Å²) in [4.78, 5) is 28.7. The van der Waals surface area contributed by atoms with Crippen LogP contribution in [0.2, 0.25) is 0 Å². The van der Waals surface area contributed by atoms with E-state index < -0.39 is 5.41 Å². The molecule has 0 saturated carbocycles. The Bertz CT molecular complexity index is 846. The van der Waals surface area contributed by atoms with Crippen LogP contribution in [0.4, 0.5) is 11.5 Å². The highest BCUT2D eigenvalue weighted by Crippen LogP contribution is 2.46. The Hall–Kier alpha value is -2.69. The van der Waals surface area contributed by atoms with Gasteiger partial charge in [-0.2, -0.15) is 0 Å². The second-order valence-corrected chi connectivity index (χ2v) is 6.57. The average Bonchev–Trinajstić information content (AvgIpc) is 3.07. The number of pyridine rings is 1. The van der Waals surface area contributed by atoms with Crippen LogP contribution in [-0.2, 0) is 27.8 Å². The van der Waals surface area contributed by atoms with Gasteiger partial charge in [0.2, 0.25) is 11.8 Å². The van der Waals surface area contributed by atoms with Gasteiger partial charge in [0.05, 0.1) is 5.41 Å². The molecule has 1 aromatic heterocycles. The molecule has 1 atom stereocenters. The molecule has 2 amide bonds. The van der Waals surface area contributed by atoms with Crippen molar-refractivity contribution in [2.24, 2.45) is 0 Å². The molecule has 2 aliphatic rings. The highest BCUT2D eigenvalue weighted by atomic mass is 16.2. The first kappa shape index (κ1) is 14.9. The molecule has 0 fully saturated rings. The molecule has 5 heteroatoms. The average molecular weight is 321 g/mol. The number of hydrogen-bond donors (Lipinski definition) is 2. The first-order chi connectivity index (χ1) is 11.6. The van der Waals surface area contributed by atoms with Crippen molar-refractivity contribution in [3.05, 3.63) is 53.2 Å². The normalized spacial score (nSPS) is 20.6. The molecule has 0 bridgehead atoms. The van der Waals surface area contributed by atoms with E-state index in [9.17, 15) is 9.59 Å². The molecule has 0 radical (unpaired) electrons. The van der Waals surface area contributed by atoms with E-state index in [1.54, 1.807) is 6.20 Å². The van der Waals surface area contributed by atoms with Gasteiger partial charge in [-0.3, -0.25) is 9.59 Å². The number of carbonyl (C=O) groups is 2. The van der Waals surface area contributed by atoms with Gasteiger partial charge in [-0.25, -0.2) is 4.98 Å². The summed E-state index contributed by atoms with van der Waals surface area (Å²) in [5, 5.41) is 5.84. The van der Waals surface area contributed by atoms with E-state index in [0.29, 0.717) is 25.1 Å². The lowest BCUT2D eigenvalue weighted by Gasteiger charge is -2.20. The second kappa shape index (κ2) is 5.44. The summed E-state index contributed by atoms with van der Waals surface area (Å²) in [6.45, 7) is 1.98. The molecule has 5 nitrogen and oxygen atoms in total. The number of rotatable bonds is 3. The van der Waals surface area contributed by atoms with Gasteiger partial charge in [0.25, 0.3) is 0 Å². The van der Waals surface area contributed by atoms with Gasteiger partial charge >= 0.3 is 0 Å². The monoisotopic (exact) mass is 321 g/mol. The standard InChI is InChI=1S/C19H19N3O2/c1-2-4-16(23)21-14-7-6-12-10-19(11-13(12)9-14)15-5-3-8-20-17(15)22-18(19)24/h3,5-9H,2,4,10-11H2,1H3,(H,21,23)(H,20,22,24). The maximum atomic E-state index is 12.7. The largest absolute Gasteiger partial charge is 0.326 e. The van der Waals surface area contributed by atoms with Crippen LogP contribution in [0.25, 0.3) is 0 Å². The van der Waals surface area contributed by atoms with Crippen LogP contribution in [0.1, 0.15) is 36.5 Å². The van der Waals surface area contributed by atoms with Crippen molar-refractivity contribution in [3.8, 4) is 0 Å². The predicted molar refractivity (Wildman–Crippen MR) is 91.9 cm³/mol. The van der Waals surface area contributed by atoms with Crippen molar-refractivity contribution in [2.45, 2.75) is 38.0 Å². The molecule has 2 aromatic rings. The minimum absolute atomic E-state index is 0.0176. The van der Waals surface area contributed by atoms with E-state index in [1.165, 1.54) is 0 Å². The van der Waals surface area contributed by atoms with Gasteiger partial charge in [0, 0.05) is 23.9 Å². The molecule has 1 aromatic carbocycles. The highest BCUT2D eigenvalue weighted by Gasteiger charge is 2.50. The highest BCUT2D eigenvalue weighted by molar-refractivity contribution is 6.06. The van der Waals surface area contributed by atoms with Gasteiger partial charge < -0.3 is 10.6 Å². The molecule has 1 unspecified atom stereocenters. The van der Waals surface area contributed by atoms with E-state index in [4.69, 9.17) is 0 Å². The molecule has 1 spiro atoms. The lowest BCUT2D eigenvalue weighted by molar-refractivity contribution is -0.120. The first-order valence-electron chi connectivity index (χ1n) is 8.31. The number of amides is 2. The van der Waals surface area contributed by atoms with Crippen LogP contribution >= 0.6 is 0 Å². The summed E-state index contributed by atoms with van der Waals surface area (Å²) in [7, 11) is 0. The number of benzene rings is 1. The molecule has 122 valence electrons. The van der Waals surface area contributed by atoms with E-state index >= 15 is 0 Å². The van der Waals surface area contributed by atoms with Gasteiger partial charge in [-0.15, -0.1) is 0 Å². The first-order valence-corrected chi connectivity index (χ1v) is 8.31. The summed E-state index contributed by atoms with van der Waals surface area (Å²) in [6, 6.07) is 9.80. The molecule has 2 N–H and O–H groups in total. The lowest BCUT2D eigenvalue weighted by atomic mass is 9.79. The van der Waals surface area contributed by atoms with E-state index in [1.807, 2.05) is 37.3 Å². The van der Waals surface area contributed by atoms with Crippen molar-refractivity contribution in [1.29, 1.82) is 0 Å². The molecule has 2 heterocycles. The third-order valence-electron chi connectivity index (χ3n) is 4.94. The van der Waals surface area contributed by atoms with Crippen LogP contribution in [-0.4, -0.2) is 16.8 Å². The van der Waals surface area contributed by atoms with Crippen molar-refractivity contribution in [2.75, 3.05) is 10.6 Å². The fourth-order valence-corrected chi connectivity index (χ4v) is 3.80. The van der Waals surface area contributed by atoms with Crippen LogP contribution in [0, 0.1) is 0 Å². The Morgan fingerprint density at radius 1 is 1.29 bits per heavy atom. The van der Waals surface area contributed by atoms with Crippen molar-refractivity contribution < 1.29 is 9.59 Å². The van der Waals surface area contributed by atoms with E-state index in [2.05, 4.69) is 15.6 Å². The number of aromatic nitrogens is 1. The summed E-state index contributed by atoms with van der Waals surface area (Å²) >= 11 is 0. The zero-order valence-corrected chi connectivity index (χ0v) is 13.6. The number of carbonyl (C=O) groups excluding carboxylic acids is 2. The molecule has 1 aliphatic carbocycles. The van der Waals surface area contributed by atoms with E-state index in [-0.39, 0.29) is 11.8 Å². The summed E-state index contributed by atoms with van der Waals surface area (Å²) in [6.07, 6.45) is 4.36. The predicted octanol–water partition coefficient (Wildman–Crippen LogP) is 2.81. The van der Waals surface area contributed by atoms with Crippen molar-refractivity contribution in [1.82, 2.24) is 4.98 Å². The summed E-state index contributed by atoms with van der Waals surface area (Å²) in [5.74, 6) is 0.717. The third-order valence-corrected chi connectivity index (χ3v) is 4.94. The zero-order chi connectivity index (χ0) is 16.7. The van der Waals surface area contributed by atoms with Crippen LogP contribution < -0.4 is 10.6 Å². The number of hydrogen-bond acceptors (Lipinski definition) is 3. The Balaban J connectivity index is 1.65. The topological polar surface area (TPSA) is 71.1 Å². The van der Waals surface area contributed by atoms with Crippen molar-refractivity contribution in [3.63, 3.8) is 0 Å². The van der Waals surface area contributed by atoms with Gasteiger partial charge in [0.15, 0.2) is 0 Å². The van der Waals surface area contributed by atoms with Crippen LogP contribution in [0.15, 0.2) is 36.5 Å². The molecular formula is C19H19N3O2. The number of nitrogens with zero attached hydrogens (tertiary/aromatic N) is 1. The number of anilines is 2. The Labute approximate surface area is 140 Å². The Morgan fingerprint density at radius 3 is 2.96 bits per heavy atom. The fraction of sp³-hybridized carbons (Fsp3) is 0.316. The Kier molecular flexibility index (Phi) is 3.37. The number of nitrogens with one attached hydrogen (secondary N) is 2. The van der Waals surface area contributed by atoms with Gasteiger partial charge in [-0.05, 0) is 48.6 Å². The minimum atomic E-state index is -0.558. The quantitative estimate of drug-likeness (QED) is 0.913. The molecular weight excluding hydrogens is 302 g/mol.